The van der Waals surface area contributed by atoms with Crippen molar-refractivity contribution in [2.24, 2.45) is 0 Å². The number of fused-ring (bicyclic) bond motifs is 1. The largest absolute Gasteiger partial charge is 0.390 e. The minimum absolute atomic E-state index is 0.216. The van der Waals surface area contributed by atoms with Gasteiger partial charge >= 0.3 is 0 Å². The van der Waals surface area contributed by atoms with E-state index in [9.17, 15) is 13.9 Å². The molecule has 2 aromatic carbocycles. The molecule has 0 aliphatic carbocycles. The molecule has 0 radical (unpaired) electrons. The van der Waals surface area contributed by atoms with Gasteiger partial charge in [0.15, 0.2) is 0 Å². The molecular formula is C24H28F2N4O2. The minimum atomic E-state index is -3.28. The van der Waals surface area contributed by atoms with Gasteiger partial charge in [0.25, 0.3) is 5.92 Å². The number of alkyl halides is 2. The smallest absolute Gasteiger partial charge is 0.295 e. The van der Waals surface area contributed by atoms with Crippen LogP contribution in [-0.4, -0.2) is 45.7 Å². The second kappa shape index (κ2) is 8.60. The van der Waals surface area contributed by atoms with Crippen LogP contribution in [-0.2, 0) is 5.92 Å². The van der Waals surface area contributed by atoms with Crippen molar-refractivity contribution in [2.45, 2.75) is 44.3 Å². The second-order valence-electron chi connectivity index (χ2n) is 8.80. The third-order valence-corrected chi connectivity index (χ3v) is 6.21. The summed E-state index contributed by atoms with van der Waals surface area (Å²) in [6, 6.07) is 11.8. The molecule has 0 saturated carbocycles. The molecule has 4 rings (SSSR count). The summed E-state index contributed by atoms with van der Waals surface area (Å²) >= 11 is 0. The number of aliphatic hydroxyl groups excluding tert-OH is 1. The van der Waals surface area contributed by atoms with Crippen LogP contribution in [0, 0.1) is 0 Å². The summed E-state index contributed by atoms with van der Waals surface area (Å²) in [6.07, 6.45) is 3.04. The van der Waals surface area contributed by atoms with Crippen molar-refractivity contribution in [3.8, 4) is 0 Å². The molecule has 32 heavy (non-hydrogen) atoms. The Balaban J connectivity index is 1.60. The van der Waals surface area contributed by atoms with Gasteiger partial charge in [0.05, 0.1) is 23.0 Å². The highest BCUT2D eigenvalue weighted by atomic mass is 19.3. The predicted molar refractivity (Wildman–Crippen MR) is 121 cm³/mol. The maximum absolute atomic E-state index is 13.9. The molecule has 1 aliphatic rings. The first kappa shape index (κ1) is 22.4. The Labute approximate surface area is 185 Å². The van der Waals surface area contributed by atoms with Crippen molar-refractivity contribution in [3.05, 3.63) is 59.8 Å². The number of rotatable bonds is 6. The van der Waals surface area contributed by atoms with Gasteiger partial charge in [-0.05, 0) is 56.5 Å². The number of hydrogen-bond acceptors (Lipinski definition) is 6. The first-order valence-corrected chi connectivity index (χ1v) is 10.8. The number of aliphatic hydroxyl groups is 2. The van der Waals surface area contributed by atoms with E-state index in [0.717, 1.165) is 35.4 Å². The van der Waals surface area contributed by atoms with Crippen LogP contribution < -0.4 is 10.2 Å². The molecule has 1 aromatic heterocycles. The SMILES string of the molecule is C[C@@H](Nc1cnnc2ccc(N3CCC(C)(O)CC3)cc12)c1cccc(C(F)(F)CO)c1. The van der Waals surface area contributed by atoms with Crippen molar-refractivity contribution in [3.63, 3.8) is 0 Å². The van der Waals surface area contributed by atoms with Crippen LogP contribution in [0.1, 0.15) is 43.9 Å². The van der Waals surface area contributed by atoms with E-state index in [1.807, 2.05) is 26.0 Å². The standard InChI is InChI=1S/C24H28F2N4O2/c1-16(17-4-3-5-18(12-17)24(25,26)15-31)28-22-14-27-29-21-7-6-19(13-20(21)22)30-10-8-23(2,32)9-11-30/h3-7,12-14,16,31-32H,8-11,15H2,1-2H3,(H,28,29)/t16-/m1/s1. The van der Waals surface area contributed by atoms with Gasteiger partial charge < -0.3 is 20.4 Å². The van der Waals surface area contributed by atoms with E-state index in [-0.39, 0.29) is 11.6 Å². The number of nitrogens with one attached hydrogen (secondary N) is 1. The highest BCUT2D eigenvalue weighted by Gasteiger charge is 2.31. The highest BCUT2D eigenvalue weighted by molar-refractivity contribution is 5.93. The summed E-state index contributed by atoms with van der Waals surface area (Å²) in [5.74, 6) is -3.28. The maximum Gasteiger partial charge on any atom is 0.295 e. The third-order valence-electron chi connectivity index (χ3n) is 6.21. The molecule has 3 aromatic rings. The summed E-state index contributed by atoms with van der Waals surface area (Å²) in [5.41, 5.74) is 2.37. The number of anilines is 2. The summed E-state index contributed by atoms with van der Waals surface area (Å²) in [5, 5.41) is 31.8. The van der Waals surface area contributed by atoms with Gasteiger partial charge in [0, 0.05) is 35.8 Å². The number of benzene rings is 2. The molecule has 0 unspecified atom stereocenters. The van der Waals surface area contributed by atoms with Crippen LogP contribution in [0.25, 0.3) is 10.9 Å². The number of nitrogens with zero attached hydrogens (tertiary/aromatic N) is 3. The van der Waals surface area contributed by atoms with E-state index in [1.165, 1.54) is 12.1 Å². The molecule has 8 heteroatoms. The van der Waals surface area contributed by atoms with Gasteiger partial charge in [-0.2, -0.15) is 19.0 Å². The molecule has 0 amide bonds. The molecule has 3 N–H and O–H groups in total. The van der Waals surface area contributed by atoms with Crippen molar-refractivity contribution in [2.75, 3.05) is 29.9 Å². The van der Waals surface area contributed by atoms with E-state index in [4.69, 9.17) is 5.11 Å². The predicted octanol–water partition coefficient (Wildman–Crippen LogP) is 4.24. The molecule has 1 saturated heterocycles. The number of piperidine rings is 1. The fraction of sp³-hybridized carbons (Fsp3) is 0.417. The van der Waals surface area contributed by atoms with Crippen molar-refractivity contribution in [1.82, 2.24) is 10.2 Å². The van der Waals surface area contributed by atoms with Gasteiger partial charge in [0.1, 0.15) is 6.61 Å². The summed E-state index contributed by atoms with van der Waals surface area (Å²) in [6.45, 7) is 4.06. The summed E-state index contributed by atoms with van der Waals surface area (Å²) in [4.78, 5) is 2.24. The maximum atomic E-state index is 13.9. The molecular weight excluding hydrogens is 414 g/mol. The Morgan fingerprint density at radius 1 is 1.19 bits per heavy atom. The van der Waals surface area contributed by atoms with Crippen LogP contribution in [0.2, 0.25) is 0 Å². The van der Waals surface area contributed by atoms with Gasteiger partial charge in [0.2, 0.25) is 0 Å². The molecule has 2 heterocycles. The van der Waals surface area contributed by atoms with E-state index in [1.54, 1.807) is 18.3 Å². The van der Waals surface area contributed by atoms with Gasteiger partial charge in [-0.15, -0.1) is 0 Å². The fourth-order valence-corrected chi connectivity index (χ4v) is 4.05. The monoisotopic (exact) mass is 442 g/mol. The third kappa shape index (κ3) is 4.66. The van der Waals surface area contributed by atoms with Crippen LogP contribution in [0.3, 0.4) is 0 Å². The van der Waals surface area contributed by atoms with E-state index in [0.29, 0.717) is 18.4 Å². The lowest BCUT2D eigenvalue weighted by Gasteiger charge is -2.37. The first-order valence-electron chi connectivity index (χ1n) is 10.8. The van der Waals surface area contributed by atoms with Crippen molar-refractivity contribution in [1.29, 1.82) is 0 Å². The average Bonchev–Trinajstić information content (AvgIpc) is 2.79. The van der Waals surface area contributed by atoms with Crippen LogP contribution in [0.4, 0.5) is 20.2 Å². The molecule has 1 atom stereocenters. The van der Waals surface area contributed by atoms with Crippen LogP contribution >= 0.6 is 0 Å². The molecule has 1 aliphatic heterocycles. The Morgan fingerprint density at radius 2 is 1.94 bits per heavy atom. The molecule has 170 valence electrons. The Kier molecular flexibility index (Phi) is 6.01. The zero-order valence-corrected chi connectivity index (χ0v) is 18.2. The van der Waals surface area contributed by atoms with Crippen molar-refractivity contribution < 1.29 is 19.0 Å². The lowest BCUT2D eigenvalue weighted by molar-refractivity contribution is -0.0556. The van der Waals surface area contributed by atoms with E-state index < -0.39 is 18.1 Å². The number of aromatic nitrogens is 2. The first-order chi connectivity index (χ1) is 15.2. The summed E-state index contributed by atoms with van der Waals surface area (Å²) < 4.78 is 27.8. The Morgan fingerprint density at radius 3 is 2.66 bits per heavy atom. The molecule has 6 nitrogen and oxygen atoms in total. The molecule has 0 spiro atoms. The van der Waals surface area contributed by atoms with Gasteiger partial charge in [-0.3, -0.25) is 0 Å². The number of hydrogen-bond donors (Lipinski definition) is 3. The highest BCUT2D eigenvalue weighted by Crippen LogP contribution is 2.33. The number of halogens is 2. The second-order valence-corrected chi connectivity index (χ2v) is 8.80. The molecule has 1 fully saturated rings. The van der Waals surface area contributed by atoms with Gasteiger partial charge in [-0.25, -0.2) is 0 Å². The lowest BCUT2D eigenvalue weighted by atomic mass is 9.93. The Bertz CT molecular complexity index is 1100. The van der Waals surface area contributed by atoms with E-state index in [2.05, 4.69) is 26.5 Å². The zero-order chi connectivity index (χ0) is 22.9. The van der Waals surface area contributed by atoms with Crippen molar-refractivity contribution >= 4 is 22.3 Å². The normalized spacial score (nSPS) is 17.4. The molecule has 0 bridgehead atoms. The zero-order valence-electron chi connectivity index (χ0n) is 18.2. The Hall–Kier alpha value is -2.84. The summed E-state index contributed by atoms with van der Waals surface area (Å²) in [7, 11) is 0. The van der Waals surface area contributed by atoms with Gasteiger partial charge in [-0.1, -0.05) is 18.2 Å². The van der Waals surface area contributed by atoms with Crippen LogP contribution in [0.5, 0.6) is 0 Å². The topological polar surface area (TPSA) is 81.5 Å². The van der Waals surface area contributed by atoms with E-state index >= 15 is 0 Å². The lowest BCUT2D eigenvalue weighted by Crippen LogP contribution is -2.42. The quantitative estimate of drug-likeness (QED) is 0.530. The fourth-order valence-electron chi connectivity index (χ4n) is 4.05. The van der Waals surface area contributed by atoms with Crippen LogP contribution in [0.15, 0.2) is 48.7 Å². The minimum Gasteiger partial charge on any atom is -0.390 e. The average molecular weight is 443 g/mol.